The summed E-state index contributed by atoms with van der Waals surface area (Å²) in [5.41, 5.74) is -0.854. The molecule has 1 aliphatic carbocycles. The van der Waals surface area contributed by atoms with Gasteiger partial charge in [-0.3, -0.25) is 4.79 Å². The van der Waals surface area contributed by atoms with E-state index in [1.807, 2.05) is 0 Å². The van der Waals surface area contributed by atoms with Gasteiger partial charge in [0.15, 0.2) is 14.7 Å². The Morgan fingerprint density at radius 2 is 1.59 bits per heavy atom. The second kappa shape index (κ2) is 6.81. The molecule has 0 aliphatic heterocycles. The molecule has 6 nitrogen and oxygen atoms in total. The fourth-order valence-electron chi connectivity index (χ4n) is 3.00. The molecule has 0 radical (unpaired) electrons. The molecule has 0 amide bonds. The van der Waals surface area contributed by atoms with Crippen LogP contribution in [0.2, 0.25) is 0 Å². The SMILES string of the molecule is Cc1nc(=O)c(S(=O)(=O)C2CCCCCCCC2)c(O)n1C. The maximum Gasteiger partial charge on any atom is 0.295 e. The van der Waals surface area contributed by atoms with E-state index in [0.717, 1.165) is 38.5 Å². The van der Waals surface area contributed by atoms with E-state index >= 15 is 0 Å². The van der Waals surface area contributed by atoms with E-state index in [-0.39, 0.29) is 5.82 Å². The average molecular weight is 328 g/mol. The second-order valence-corrected chi connectivity index (χ2v) is 8.21. The van der Waals surface area contributed by atoms with Crippen LogP contribution in [0.4, 0.5) is 0 Å². The zero-order valence-corrected chi connectivity index (χ0v) is 14.0. The van der Waals surface area contributed by atoms with E-state index in [9.17, 15) is 18.3 Å². The largest absolute Gasteiger partial charge is 0.493 e. The maximum atomic E-state index is 12.9. The number of aromatic nitrogens is 2. The van der Waals surface area contributed by atoms with Crippen molar-refractivity contribution in [2.75, 3.05) is 0 Å². The van der Waals surface area contributed by atoms with Gasteiger partial charge in [0, 0.05) is 7.05 Å². The zero-order valence-electron chi connectivity index (χ0n) is 13.2. The molecule has 22 heavy (non-hydrogen) atoms. The number of aromatic hydroxyl groups is 1. The van der Waals surface area contributed by atoms with Gasteiger partial charge in [0.1, 0.15) is 5.82 Å². The van der Waals surface area contributed by atoms with E-state index in [4.69, 9.17) is 0 Å². The zero-order chi connectivity index (χ0) is 16.3. The van der Waals surface area contributed by atoms with Crippen molar-refractivity contribution in [3.8, 4) is 5.88 Å². The third-order valence-corrected chi connectivity index (χ3v) is 6.76. The smallest absolute Gasteiger partial charge is 0.295 e. The lowest BCUT2D eigenvalue weighted by atomic mass is 10.1. The van der Waals surface area contributed by atoms with Gasteiger partial charge < -0.3 is 9.67 Å². The van der Waals surface area contributed by atoms with Gasteiger partial charge in [-0.2, -0.15) is 4.98 Å². The van der Waals surface area contributed by atoms with Crippen molar-refractivity contribution < 1.29 is 13.5 Å². The van der Waals surface area contributed by atoms with Crippen molar-refractivity contribution in [3.63, 3.8) is 0 Å². The summed E-state index contributed by atoms with van der Waals surface area (Å²) in [4.78, 5) is 15.2. The van der Waals surface area contributed by atoms with E-state index in [1.54, 1.807) is 6.92 Å². The van der Waals surface area contributed by atoms with Crippen LogP contribution in [0.5, 0.6) is 5.88 Å². The highest BCUT2D eigenvalue weighted by Crippen LogP contribution is 2.29. The van der Waals surface area contributed by atoms with Crippen molar-refractivity contribution in [1.29, 1.82) is 0 Å². The van der Waals surface area contributed by atoms with E-state index in [0.29, 0.717) is 12.8 Å². The number of sulfone groups is 1. The highest BCUT2D eigenvalue weighted by atomic mass is 32.2. The predicted molar refractivity (Wildman–Crippen MR) is 83.8 cm³/mol. The quantitative estimate of drug-likeness (QED) is 0.897. The van der Waals surface area contributed by atoms with Gasteiger partial charge in [-0.25, -0.2) is 8.42 Å². The molecule has 124 valence electrons. The van der Waals surface area contributed by atoms with Crippen LogP contribution in [0.15, 0.2) is 9.69 Å². The first-order valence-electron chi connectivity index (χ1n) is 7.86. The first-order chi connectivity index (χ1) is 10.4. The lowest BCUT2D eigenvalue weighted by Gasteiger charge is -2.18. The van der Waals surface area contributed by atoms with E-state index < -0.39 is 31.4 Å². The van der Waals surface area contributed by atoms with Gasteiger partial charge in [-0.1, -0.05) is 38.5 Å². The Hall–Kier alpha value is -1.37. The summed E-state index contributed by atoms with van der Waals surface area (Å²) in [6.45, 7) is 1.55. The summed E-state index contributed by atoms with van der Waals surface area (Å²) in [5, 5.41) is 9.55. The maximum absolute atomic E-state index is 12.9. The Balaban J connectivity index is 2.45. The van der Waals surface area contributed by atoms with Crippen molar-refractivity contribution in [1.82, 2.24) is 9.55 Å². The van der Waals surface area contributed by atoms with Crippen LogP contribution >= 0.6 is 0 Å². The standard InChI is InChI=1S/C15H24N2O4S/c1-11-16-14(18)13(15(19)17(11)2)22(20,21)12-9-7-5-3-4-6-8-10-12/h12,19H,3-10H2,1-2H3. The lowest BCUT2D eigenvalue weighted by Crippen LogP contribution is -2.30. The molecule has 0 bridgehead atoms. The number of hydrogen-bond donors (Lipinski definition) is 1. The Morgan fingerprint density at radius 1 is 1.09 bits per heavy atom. The highest BCUT2D eigenvalue weighted by Gasteiger charge is 2.33. The molecule has 1 saturated carbocycles. The molecule has 1 aromatic heterocycles. The van der Waals surface area contributed by atoms with E-state index in [2.05, 4.69) is 4.98 Å². The minimum absolute atomic E-state index is 0.288. The summed E-state index contributed by atoms with van der Waals surface area (Å²) in [7, 11) is -2.36. The molecular weight excluding hydrogens is 304 g/mol. The summed E-state index contributed by atoms with van der Waals surface area (Å²) in [5.74, 6) is -0.215. The third-order valence-electron chi connectivity index (χ3n) is 4.49. The third kappa shape index (κ3) is 3.34. The first kappa shape index (κ1) is 17.0. The van der Waals surface area contributed by atoms with Crippen molar-refractivity contribution in [2.45, 2.75) is 68.4 Å². The molecule has 1 N–H and O–H groups in total. The molecule has 1 heterocycles. The number of aryl methyl sites for hydroxylation is 1. The molecule has 7 heteroatoms. The van der Waals surface area contributed by atoms with Crippen molar-refractivity contribution in [2.24, 2.45) is 7.05 Å². The van der Waals surface area contributed by atoms with Crippen molar-refractivity contribution >= 4 is 9.84 Å². The van der Waals surface area contributed by atoms with Gasteiger partial charge in [0.05, 0.1) is 5.25 Å². The molecule has 2 rings (SSSR count). The topological polar surface area (TPSA) is 89.3 Å². The molecular formula is C15H24N2O4S. The van der Waals surface area contributed by atoms with Gasteiger partial charge in [-0.05, 0) is 19.8 Å². The first-order valence-corrected chi connectivity index (χ1v) is 9.41. The molecule has 0 spiro atoms. The molecule has 0 saturated heterocycles. The van der Waals surface area contributed by atoms with Crippen LogP contribution in [0.25, 0.3) is 0 Å². The van der Waals surface area contributed by atoms with Crippen molar-refractivity contribution in [3.05, 3.63) is 16.2 Å². The fraction of sp³-hybridized carbons (Fsp3) is 0.733. The minimum Gasteiger partial charge on any atom is -0.493 e. The summed E-state index contributed by atoms with van der Waals surface area (Å²) < 4.78 is 27.0. The molecule has 1 aliphatic rings. The van der Waals surface area contributed by atoms with Gasteiger partial charge in [0.25, 0.3) is 5.56 Å². The summed E-state index contributed by atoms with van der Waals surface area (Å²) in [6, 6.07) is 0. The molecule has 0 atom stereocenters. The highest BCUT2D eigenvalue weighted by molar-refractivity contribution is 7.92. The normalized spacial score (nSPS) is 18.5. The number of rotatable bonds is 2. The van der Waals surface area contributed by atoms with Gasteiger partial charge in [-0.15, -0.1) is 0 Å². The lowest BCUT2D eigenvalue weighted by molar-refractivity contribution is 0.399. The minimum atomic E-state index is -3.86. The monoisotopic (exact) mass is 328 g/mol. The Morgan fingerprint density at radius 3 is 2.14 bits per heavy atom. The molecule has 0 aromatic carbocycles. The van der Waals surface area contributed by atoms with Gasteiger partial charge in [0.2, 0.25) is 5.88 Å². The van der Waals surface area contributed by atoms with Crippen LogP contribution < -0.4 is 5.56 Å². The number of nitrogens with zero attached hydrogens (tertiary/aromatic N) is 2. The van der Waals surface area contributed by atoms with Crippen LogP contribution in [-0.4, -0.2) is 28.3 Å². The molecule has 1 aromatic rings. The molecule has 1 fully saturated rings. The second-order valence-electron chi connectivity index (χ2n) is 6.04. The van der Waals surface area contributed by atoms with Crippen LogP contribution in [0, 0.1) is 6.92 Å². The Labute approximate surface area is 131 Å². The Bertz CT molecular complexity index is 684. The number of hydrogen-bond acceptors (Lipinski definition) is 5. The molecule has 0 unspecified atom stereocenters. The van der Waals surface area contributed by atoms with Crippen LogP contribution in [0.1, 0.15) is 57.2 Å². The summed E-state index contributed by atoms with van der Waals surface area (Å²) >= 11 is 0. The Kier molecular flexibility index (Phi) is 5.26. The van der Waals surface area contributed by atoms with Crippen LogP contribution in [0.3, 0.4) is 0 Å². The van der Waals surface area contributed by atoms with Crippen LogP contribution in [-0.2, 0) is 16.9 Å². The summed E-state index contributed by atoms with van der Waals surface area (Å²) in [6.07, 6.45) is 7.05. The average Bonchev–Trinajstić information content (AvgIpc) is 2.58. The van der Waals surface area contributed by atoms with E-state index in [1.165, 1.54) is 11.6 Å². The fourth-order valence-corrected chi connectivity index (χ4v) is 4.96. The van der Waals surface area contributed by atoms with Gasteiger partial charge >= 0.3 is 0 Å². The predicted octanol–water partition coefficient (Wildman–Crippen LogP) is 2.07.